The number of rotatable bonds is 7. The van der Waals surface area contributed by atoms with Crippen LogP contribution in [0.15, 0.2) is 36.7 Å². The first-order valence-corrected chi connectivity index (χ1v) is 9.15. The maximum atomic E-state index is 12.2. The van der Waals surface area contributed by atoms with Crippen molar-refractivity contribution in [1.82, 2.24) is 20.2 Å². The van der Waals surface area contributed by atoms with E-state index in [2.05, 4.69) is 30.8 Å². The van der Waals surface area contributed by atoms with Crippen LogP contribution in [0.25, 0.3) is 0 Å². The van der Waals surface area contributed by atoms with Crippen molar-refractivity contribution in [3.8, 4) is 0 Å². The van der Waals surface area contributed by atoms with Crippen molar-refractivity contribution in [3.63, 3.8) is 0 Å². The number of anilines is 3. The molecule has 0 spiro atoms. The summed E-state index contributed by atoms with van der Waals surface area (Å²) in [4.78, 5) is 34.0. The Morgan fingerprint density at radius 2 is 1.86 bits per heavy atom. The van der Waals surface area contributed by atoms with E-state index < -0.39 is 0 Å². The number of ether oxygens (including phenoxy) is 1. The van der Waals surface area contributed by atoms with Gasteiger partial charge in [0.25, 0.3) is 5.91 Å². The van der Waals surface area contributed by atoms with E-state index in [-0.39, 0.29) is 11.8 Å². The van der Waals surface area contributed by atoms with Crippen LogP contribution in [0.3, 0.4) is 0 Å². The lowest BCUT2D eigenvalue weighted by Crippen LogP contribution is -2.41. The van der Waals surface area contributed by atoms with Gasteiger partial charge >= 0.3 is 0 Å². The SMILES string of the molecule is CC(=O)Nc1cccc(Nc2ncc(C(=O)NCCN3CCOCC3)cn2)c1. The Labute approximate surface area is 163 Å². The molecule has 1 aromatic heterocycles. The zero-order valence-electron chi connectivity index (χ0n) is 15.8. The zero-order chi connectivity index (χ0) is 19.8. The molecular formula is C19H24N6O3. The van der Waals surface area contributed by atoms with E-state index >= 15 is 0 Å². The second-order valence-electron chi connectivity index (χ2n) is 6.39. The van der Waals surface area contributed by atoms with Gasteiger partial charge in [-0.05, 0) is 18.2 Å². The number of nitrogens with one attached hydrogen (secondary N) is 3. The van der Waals surface area contributed by atoms with Gasteiger partial charge in [-0.1, -0.05) is 6.07 Å². The monoisotopic (exact) mass is 384 g/mol. The zero-order valence-corrected chi connectivity index (χ0v) is 15.8. The minimum absolute atomic E-state index is 0.141. The number of hydrogen-bond donors (Lipinski definition) is 3. The molecule has 1 aromatic carbocycles. The van der Waals surface area contributed by atoms with Gasteiger partial charge in [0.1, 0.15) is 0 Å². The van der Waals surface area contributed by atoms with Crippen molar-refractivity contribution >= 4 is 29.1 Å². The van der Waals surface area contributed by atoms with Gasteiger partial charge in [0.05, 0.1) is 18.8 Å². The average Bonchev–Trinajstić information content (AvgIpc) is 2.69. The lowest BCUT2D eigenvalue weighted by Gasteiger charge is -2.26. The Kier molecular flexibility index (Phi) is 6.88. The quantitative estimate of drug-likeness (QED) is 0.659. The molecule has 2 aromatic rings. The second-order valence-corrected chi connectivity index (χ2v) is 6.39. The Morgan fingerprint density at radius 3 is 2.57 bits per heavy atom. The summed E-state index contributed by atoms with van der Waals surface area (Å²) in [5, 5.41) is 8.64. The lowest BCUT2D eigenvalue weighted by atomic mass is 10.2. The summed E-state index contributed by atoms with van der Waals surface area (Å²) in [6.07, 6.45) is 2.97. The summed E-state index contributed by atoms with van der Waals surface area (Å²) in [7, 11) is 0. The molecule has 0 saturated carbocycles. The van der Waals surface area contributed by atoms with Crippen molar-refractivity contribution in [3.05, 3.63) is 42.2 Å². The first-order valence-electron chi connectivity index (χ1n) is 9.15. The molecule has 0 radical (unpaired) electrons. The van der Waals surface area contributed by atoms with Crippen LogP contribution in [0.5, 0.6) is 0 Å². The molecule has 148 valence electrons. The van der Waals surface area contributed by atoms with Gasteiger partial charge in [0, 0.05) is 56.9 Å². The number of morpholine rings is 1. The van der Waals surface area contributed by atoms with Gasteiger partial charge in [-0.15, -0.1) is 0 Å². The minimum Gasteiger partial charge on any atom is -0.379 e. The first kappa shape index (κ1) is 19.7. The number of carbonyl (C=O) groups excluding carboxylic acids is 2. The Bertz CT molecular complexity index is 806. The molecule has 3 N–H and O–H groups in total. The summed E-state index contributed by atoms with van der Waals surface area (Å²) < 4.78 is 5.30. The summed E-state index contributed by atoms with van der Waals surface area (Å²) in [6.45, 7) is 6.07. The molecule has 28 heavy (non-hydrogen) atoms. The summed E-state index contributed by atoms with van der Waals surface area (Å²) in [5.41, 5.74) is 1.81. The number of aromatic nitrogens is 2. The van der Waals surface area contributed by atoms with Crippen molar-refractivity contribution in [1.29, 1.82) is 0 Å². The third kappa shape index (κ3) is 6.00. The molecule has 2 amide bonds. The van der Waals surface area contributed by atoms with Crippen LogP contribution in [0.2, 0.25) is 0 Å². The van der Waals surface area contributed by atoms with E-state index in [0.717, 1.165) is 38.5 Å². The van der Waals surface area contributed by atoms with E-state index in [0.29, 0.717) is 23.7 Å². The average molecular weight is 384 g/mol. The highest BCUT2D eigenvalue weighted by Gasteiger charge is 2.11. The Hall–Kier alpha value is -3.04. The highest BCUT2D eigenvalue weighted by atomic mass is 16.5. The van der Waals surface area contributed by atoms with Crippen molar-refractivity contribution < 1.29 is 14.3 Å². The highest BCUT2D eigenvalue weighted by Crippen LogP contribution is 2.17. The largest absolute Gasteiger partial charge is 0.379 e. The third-order valence-electron chi connectivity index (χ3n) is 4.17. The summed E-state index contributed by atoms with van der Waals surface area (Å²) >= 11 is 0. The van der Waals surface area contributed by atoms with Gasteiger partial charge in [0.2, 0.25) is 11.9 Å². The Morgan fingerprint density at radius 1 is 1.14 bits per heavy atom. The van der Waals surface area contributed by atoms with Crippen LogP contribution in [0.4, 0.5) is 17.3 Å². The summed E-state index contributed by atoms with van der Waals surface area (Å²) in [5.74, 6) is 0.0229. The fourth-order valence-electron chi connectivity index (χ4n) is 2.77. The highest BCUT2D eigenvalue weighted by molar-refractivity contribution is 5.93. The molecule has 1 fully saturated rings. The number of benzene rings is 1. The van der Waals surface area contributed by atoms with Gasteiger partial charge in [-0.3, -0.25) is 14.5 Å². The van der Waals surface area contributed by atoms with Crippen LogP contribution in [-0.4, -0.2) is 66.1 Å². The number of hydrogen-bond acceptors (Lipinski definition) is 7. The molecule has 0 bridgehead atoms. The van der Waals surface area contributed by atoms with Gasteiger partial charge in [-0.2, -0.15) is 0 Å². The van der Waals surface area contributed by atoms with Crippen LogP contribution in [-0.2, 0) is 9.53 Å². The summed E-state index contributed by atoms with van der Waals surface area (Å²) in [6, 6.07) is 7.21. The third-order valence-corrected chi connectivity index (χ3v) is 4.17. The van der Waals surface area contributed by atoms with E-state index in [4.69, 9.17) is 4.74 Å². The first-order chi connectivity index (χ1) is 13.6. The number of carbonyl (C=O) groups is 2. The smallest absolute Gasteiger partial charge is 0.254 e. The molecule has 9 nitrogen and oxygen atoms in total. The normalized spacial score (nSPS) is 14.3. The molecule has 0 aliphatic carbocycles. The topological polar surface area (TPSA) is 108 Å². The molecule has 0 unspecified atom stereocenters. The molecule has 1 saturated heterocycles. The predicted octanol–water partition coefficient (Wildman–Crippen LogP) is 1.24. The van der Waals surface area contributed by atoms with Crippen LogP contribution >= 0.6 is 0 Å². The van der Waals surface area contributed by atoms with E-state index in [1.54, 1.807) is 12.1 Å². The Balaban J connectivity index is 1.50. The van der Waals surface area contributed by atoms with E-state index in [9.17, 15) is 9.59 Å². The fourth-order valence-corrected chi connectivity index (χ4v) is 2.77. The van der Waals surface area contributed by atoms with E-state index in [1.807, 2.05) is 12.1 Å². The molecule has 9 heteroatoms. The van der Waals surface area contributed by atoms with Crippen LogP contribution in [0.1, 0.15) is 17.3 Å². The van der Waals surface area contributed by atoms with Gasteiger partial charge < -0.3 is 20.7 Å². The van der Waals surface area contributed by atoms with Crippen LogP contribution < -0.4 is 16.0 Å². The second kappa shape index (κ2) is 9.77. The number of nitrogens with zero attached hydrogens (tertiary/aromatic N) is 3. The maximum Gasteiger partial charge on any atom is 0.254 e. The fraction of sp³-hybridized carbons (Fsp3) is 0.368. The molecule has 0 atom stereocenters. The van der Waals surface area contributed by atoms with Crippen molar-refractivity contribution in [2.24, 2.45) is 0 Å². The molecular weight excluding hydrogens is 360 g/mol. The lowest BCUT2D eigenvalue weighted by molar-refractivity contribution is -0.114. The maximum absolute atomic E-state index is 12.2. The molecule has 3 rings (SSSR count). The van der Waals surface area contributed by atoms with Gasteiger partial charge in [0.15, 0.2) is 0 Å². The molecule has 1 aliphatic rings. The minimum atomic E-state index is -0.201. The van der Waals surface area contributed by atoms with E-state index in [1.165, 1.54) is 19.3 Å². The molecule has 1 aliphatic heterocycles. The van der Waals surface area contributed by atoms with Crippen molar-refractivity contribution in [2.45, 2.75) is 6.92 Å². The standard InChI is InChI=1S/C19H24N6O3/c1-14(26)23-16-3-2-4-17(11-16)24-19-21-12-15(13-22-19)18(27)20-5-6-25-7-9-28-10-8-25/h2-4,11-13H,5-10H2,1H3,(H,20,27)(H,23,26)(H,21,22,24). The van der Waals surface area contributed by atoms with Crippen LogP contribution in [0, 0.1) is 0 Å². The molecule has 2 heterocycles. The van der Waals surface area contributed by atoms with Gasteiger partial charge in [-0.25, -0.2) is 9.97 Å². The predicted molar refractivity (Wildman–Crippen MR) is 106 cm³/mol. The number of amides is 2. The van der Waals surface area contributed by atoms with Crippen molar-refractivity contribution in [2.75, 3.05) is 50.0 Å².